The Kier molecular flexibility index (Phi) is 5.44. The van der Waals surface area contributed by atoms with E-state index in [1.165, 1.54) is 19.3 Å². The molecule has 1 aliphatic rings. The maximum Gasteiger partial charge on any atom is 0.0558 e. The summed E-state index contributed by atoms with van der Waals surface area (Å²) in [7, 11) is 0. The summed E-state index contributed by atoms with van der Waals surface area (Å²) in [6.07, 6.45) is 7.96. The van der Waals surface area contributed by atoms with Crippen LogP contribution in [-0.4, -0.2) is 41.6 Å². The van der Waals surface area contributed by atoms with Crippen molar-refractivity contribution in [2.45, 2.75) is 25.3 Å². The van der Waals surface area contributed by atoms with Crippen molar-refractivity contribution in [3.63, 3.8) is 0 Å². The van der Waals surface area contributed by atoms with E-state index < -0.39 is 0 Å². The lowest BCUT2D eigenvalue weighted by Gasteiger charge is -2.36. The van der Waals surface area contributed by atoms with Crippen molar-refractivity contribution in [2.75, 3.05) is 25.6 Å². The quantitative estimate of drug-likeness (QED) is 0.524. The second-order valence-corrected chi connectivity index (χ2v) is 3.74. The number of aliphatic hydroxyl groups excluding tert-OH is 1. The van der Waals surface area contributed by atoms with Gasteiger partial charge in [0.15, 0.2) is 0 Å². The van der Waals surface area contributed by atoms with E-state index >= 15 is 0 Å². The van der Waals surface area contributed by atoms with E-state index in [4.69, 9.17) is 16.7 Å². The van der Waals surface area contributed by atoms with Crippen LogP contribution in [-0.2, 0) is 0 Å². The molecule has 1 N–H and O–H groups in total. The van der Waals surface area contributed by atoms with Gasteiger partial charge < -0.3 is 5.11 Å². The molecule has 0 bridgehead atoms. The largest absolute Gasteiger partial charge is 0.395 e. The Morgan fingerprint density at radius 2 is 2.15 bits per heavy atom. The zero-order valence-electron chi connectivity index (χ0n) is 7.95. The summed E-state index contributed by atoms with van der Waals surface area (Å²) in [6, 6.07) is 0.701. The SMILES string of the molecule is OCCN(C/C=C/CCl)C1CCC1. The average molecular weight is 204 g/mol. The Bertz CT molecular complexity index is 157. The molecular formula is C10H18ClNO. The number of halogens is 1. The number of allylic oxidation sites excluding steroid dienone is 1. The lowest BCUT2D eigenvalue weighted by Crippen LogP contribution is -2.41. The van der Waals surface area contributed by atoms with Crippen LogP contribution in [0.4, 0.5) is 0 Å². The molecule has 1 fully saturated rings. The summed E-state index contributed by atoms with van der Waals surface area (Å²) in [4.78, 5) is 2.33. The Hall–Kier alpha value is -0.0500. The number of hydrogen-bond donors (Lipinski definition) is 1. The van der Waals surface area contributed by atoms with Crippen LogP contribution in [0, 0.1) is 0 Å². The first-order valence-electron chi connectivity index (χ1n) is 4.94. The molecule has 0 amide bonds. The minimum atomic E-state index is 0.255. The highest BCUT2D eigenvalue weighted by Crippen LogP contribution is 2.24. The molecule has 76 valence electrons. The average Bonchev–Trinajstić information content (AvgIpc) is 2.02. The second kappa shape index (κ2) is 6.41. The normalized spacial score (nSPS) is 18.4. The smallest absolute Gasteiger partial charge is 0.0558 e. The number of nitrogens with zero attached hydrogens (tertiary/aromatic N) is 1. The lowest BCUT2D eigenvalue weighted by atomic mass is 9.91. The van der Waals surface area contributed by atoms with E-state index in [2.05, 4.69) is 11.0 Å². The van der Waals surface area contributed by atoms with E-state index in [1.807, 2.05) is 6.08 Å². The van der Waals surface area contributed by atoms with Gasteiger partial charge in [0.25, 0.3) is 0 Å². The van der Waals surface area contributed by atoms with E-state index in [0.717, 1.165) is 13.1 Å². The van der Waals surface area contributed by atoms with Crippen molar-refractivity contribution in [3.05, 3.63) is 12.2 Å². The summed E-state index contributed by atoms with van der Waals surface area (Å²) in [6.45, 7) is 1.97. The third-order valence-electron chi connectivity index (χ3n) is 2.57. The number of hydrogen-bond acceptors (Lipinski definition) is 2. The molecule has 0 saturated heterocycles. The number of alkyl halides is 1. The maximum atomic E-state index is 8.87. The molecule has 0 spiro atoms. The number of aliphatic hydroxyl groups is 1. The van der Waals surface area contributed by atoms with Crippen molar-refractivity contribution >= 4 is 11.6 Å². The van der Waals surface area contributed by atoms with Gasteiger partial charge in [0.05, 0.1) is 6.61 Å². The molecule has 1 rings (SSSR count). The van der Waals surface area contributed by atoms with Crippen LogP contribution in [0.3, 0.4) is 0 Å². The van der Waals surface area contributed by atoms with Gasteiger partial charge in [0, 0.05) is 25.0 Å². The van der Waals surface area contributed by atoms with Gasteiger partial charge >= 0.3 is 0 Å². The summed E-state index contributed by atoms with van der Waals surface area (Å²) >= 11 is 5.53. The van der Waals surface area contributed by atoms with E-state index in [-0.39, 0.29) is 6.61 Å². The molecule has 1 saturated carbocycles. The molecule has 3 heteroatoms. The first kappa shape index (κ1) is 11.0. The molecule has 0 heterocycles. The lowest BCUT2D eigenvalue weighted by molar-refractivity contribution is 0.114. The van der Waals surface area contributed by atoms with Crippen LogP contribution in [0.15, 0.2) is 12.2 Å². The molecule has 0 aliphatic heterocycles. The minimum absolute atomic E-state index is 0.255. The fourth-order valence-corrected chi connectivity index (χ4v) is 1.70. The van der Waals surface area contributed by atoms with Gasteiger partial charge in [-0.3, -0.25) is 4.90 Å². The van der Waals surface area contributed by atoms with Crippen LogP contribution in [0.1, 0.15) is 19.3 Å². The third-order valence-corrected chi connectivity index (χ3v) is 2.75. The van der Waals surface area contributed by atoms with Crippen molar-refractivity contribution in [3.8, 4) is 0 Å². The van der Waals surface area contributed by atoms with Crippen LogP contribution in [0.5, 0.6) is 0 Å². The summed E-state index contributed by atoms with van der Waals surface area (Å²) in [5.74, 6) is 0.581. The zero-order valence-corrected chi connectivity index (χ0v) is 8.71. The fourth-order valence-electron chi connectivity index (χ4n) is 1.58. The molecule has 1 aliphatic carbocycles. The highest BCUT2D eigenvalue weighted by Gasteiger charge is 2.23. The van der Waals surface area contributed by atoms with Gasteiger partial charge in [-0.2, -0.15) is 0 Å². The van der Waals surface area contributed by atoms with Gasteiger partial charge in [-0.05, 0) is 12.8 Å². The molecular weight excluding hydrogens is 186 g/mol. The monoisotopic (exact) mass is 203 g/mol. The third kappa shape index (κ3) is 3.67. The molecule has 0 aromatic heterocycles. The summed E-state index contributed by atoms with van der Waals surface area (Å²) < 4.78 is 0. The Balaban J connectivity index is 2.24. The molecule has 13 heavy (non-hydrogen) atoms. The second-order valence-electron chi connectivity index (χ2n) is 3.43. The van der Waals surface area contributed by atoms with Crippen LogP contribution in [0.2, 0.25) is 0 Å². The zero-order chi connectivity index (χ0) is 9.52. The van der Waals surface area contributed by atoms with Gasteiger partial charge in [0.1, 0.15) is 0 Å². The highest BCUT2D eigenvalue weighted by molar-refractivity contribution is 6.18. The number of rotatable bonds is 6. The summed E-state index contributed by atoms with van der Waals surface area (Å²) in [5, 5.41) is 8.87. The molecule has 0 atom stereocenters. The van der Waals surface area contributed by atoms with Gasteiger partial charge in [-0.15, -0.1) is 11.6 Å². The fraction of sp³-hybridized carbons (Fsp3) is 0.800. The van der Waals surface area contributed by atoms with E-state index in [0.29, 0.717) is 11.9 Å². The van der Waals surface area contributed by atoms with Gasteiger partial charge in [-0.1, -0.05) is 18.6 Å². The van der Waals surface area contributed by atoms with Crippen LogP contribution < -0.4 is 0 Å². The van der Waals surface area contributed by atoms with Crippen molar-refractivity contribution in [1.29, 1.82) is 0 Å². The topological polar surface area (TPSA) is 23.5 Å². The van der Waals surface area contributed by atoms with Crippen molar-refractivity contribution in [2.24, 2.45) is 0 Å². The van der Waals surface area contributed by atoms with Crippen LogP contribution in [0.25, 0.3) is 0 Å². The Morgan fingerprint density at radius 3 is 2.62 bits per heavy atom. The van der Waals surface area contributed by atoms with Gasteiger partial charge in [0.2, 0.25) is 0 Å². The summed E-state index contributed by atoms with van der Waals surface area (Å²) in [5.41, 5.74) is 0. The Morgan fingerprint density at radius 1 is 1.38 bits per heavy atom. The van der Waals surface area contributed by atoms with E-state index in [1.54, 1.807) is 0 Å². The molecule has 0 radical (unpaired) electrons. The Labute approximate surface area is 85.2 Å². The first-order valence-corrected chi connectivity index (χ1v) is 5.47. The van der Waals surface area contributed by atoms with Crippen molar-refractivity contribution in [1.82, 2.24) is 4.90 Å². The maximum absolute atomic E-state index is 8.87. The standard InChI is InChI=1S/C10H18ClNO/c11-6-1-2-7-12(8-9-13)10-4-3-5-10/h1-2,10,13H,3-9H2/b2-1+. The van der Waals surface area contributed by atoms with E-state index in [9.17, 15) is 0 Å². The van der Waals surface area contributed by atoms with Crippen LogP contribution >= 0.6 is 11.6 Å². The predicted octanol–water partition coefficient (Wildman–Crippen LogP) is 1.63. The molecule has 0 unspecified atom stereocenters. The predicted molar refractivity (Wildman–Crippen MR) is 56.2 cm³/mol. The minimum Gasteiger partial charge on any atom is -0.395 e. The first-order chi connectivity index (χ1) is 6.38. The van der Waals surface area contributed by atoms with Crippen molar-refractivity contribution < 1.29 is 5.11 Å². The molecule has 0 aromatic carbocycles. The molecule has 0 aromatic rings. The molecule has 2 nitrogen and oxygen atoms in total. The van der Waals surface area contributed by atoms with Gasteiger partial charge in [-0.25, -0.2) is 0 Å². The highest BCUT2D eigenvalue weighted by atomic mass is 35.5.